The van der Waals surface area contributed by atoms with Crippen molar-refractivity contribution in [2.45, 2.75) is 230 Å². The Morgan fingerprint density at radius 1 is 0.609 bits per heavy atom. The van der Waals surface area contributed by atoms with Gasteiger partial charge in [-0.1, -0.05) is 171 Å². The number of aliphatic hydroxyl groups is 3. The minimum Gasteiger partial charge on any atom is -0.457 e. The number of rotatable bonds is 43. The van der Waals surface area contributed by atoms with E-state index in [0.717, 1.165) is 89.9 Å². The second-order valence-electron chi connectivity index (χ2n) is 17.0. The number of unbranched alkanes of at least 4 members (excludes halogenated alkanes) is 20. The van der Waals surface area contributed by atoms with Gasteiger partial charge in [0.1, 0.15) is 30.5 Å². The number of carbonyl (C=O) groups is 1. The van der Waals surface area contributed by atoms with Gasteiger partial charge in [-0.25, -0.2) is 4.18 Å². The molecule has 0 aromatic rings. The zero-order valence-corrected chi connectivity index (χ0v) is 40.6. The van der Waals surface area contributed by atoms with Crippen molar-refractivity contribution < 1.29 is 56.2 Å². The summed E-state index contributed by atoms with van der Waals surface area (Å²) in [7, 11) is -5.07. The van der Waals surface area contributed by atoms with Crippen LogP contribution in [0.3, 0.4) is 0 Å². The molecule has 12 nitrogen and oxygen atoms in total. The fourth-order valence-corrected chi connectivity index (χ4v) is 7.87. The van der Waals surface area contributed by atoms with Gasteiger partial charge >= 0.3 is 16.4 Å². The zero-order chi connectivity index (χ0) is 46.8. The molecule has 6 unspecified atom stereocenters. The van der Waals surface area contributed by atoms with Crippen LogP contribution < -0.4 is 0 Å². The molecule has 64 heavy (non-hydrogen) atoms. The van der Waals surface area contributed by atoms with Crippen LogP contribution in [-0.2, 0) is 38.3 Å². The van der Waals surface area contributed by atoms with E-state index in [-0.39, 0.29) is 19.6 Å². The van der Waals surface area contributed by atoms with Crippen LogP contribution in [0.4, 0.5) is 0 Å². The van der Waals surface area contributed by atoms with Gasteiger partial charge in [0.15, 0.2) is 6.29 Å². The van der Waals surface area contributed by atoms with Crippen molar-refractivity contribution in [1.29, 1.82) is 0 Å². The van der Waals surface area contributed by atoms with Crippen molar-refractivity contribution >= 4 is 16.4 Å². The predicted octanol–water partition coefficient (Wildman–Crippen LogP) is 11.3. The summed E-state index contributed by atoms with van der Waals surface area (Å²) in [4.78, 5) is 12.9. The molecule has 1 saturated heterocycles. The van der Waals surface area contributed by atoms with E-state index in [9.17, 15) is 33.1 Å². The molecule has 372 valence electrons. The number of hydrogen-bond donors (Lipinski definition) is 4. The molecule has 1 heterocycles. The SMILES string of the molecule is CC/C=C\C/C=C\C/C=C\C/C=C\CCCCCCCCCCCCCOCC(COC1OC(CO)C(O)C(OS(=O)(=O)O)C1O)OC(=O)CCCCCCC/C=C\CCCCCC. The fraction of sp³-hybridized carbons (Fsp3) is 0.784. The first-order valence-corrected chi connectivity index (χ1v) is 26.4. The molecule has 1 aliphatic rings. The summed E-state index contributed by atoms with van der Waals surface area (Å²) in [6.45, 7) is 3.85. The minimum atomic E-state index is -5.07. The van der Waals surface area contributed by atoms with Crippen molar-refractivity contribution in [2.75, 3.05) is 26.4 Å². The van der Waals surface area contributed by atoms with Gasteiger partial charge in [-0.05, 0) is 77.0 Å². The molecule has 0 spiro atoms. The normalized spacial score (nSPS) is 20.2. The molecule has 0 aromatic carbocycles. The number of esters is 1. The Hall–Kier alpha value is -2.20. The van der Waals surface area contributed by atoms with Crippen molar-refractivity contribution in [3.05, 3.63) is 60.8 Å². The van der Waals surface area contributed by atoms with Gasteiger partial charge in [-0.3, -0.25) is 9.35 Å². The van der Waals surface area contributed by atoms with Gasteiger partial charge in [-0.15, -0.1) is 0 Å². The third-order valence-corrected chi connectivity index (χ3v) is 11.6. The molecule has 1 aliphatic heterocycles. The summed E-state index contributed by atoms with van der Waals surface area (Å²) in [5, 5.41) is 30.7. The Morgan fingerprint density at radius 3 is 1.59 bits per heavy atom. The smallest absolute Gasteiger partial charge is 0.397 e. The summed E-state index contributed by atoms with van der Waals surface area (Å²) >= 11 is 0. The maximum atomic E-state index is 12.9. The van der Waals surface area contributed by atoms with E-state index in [1.807, 2.05) is 0 Å². The Kier molecular flexibility index (Phi) is 39.4. The summed E-state index contributed by atoms with van der Waals surface area (Å²) in [5.74, 6) is -0.411. The molecule has 4 N–H and O–H groups in total. The van der Waals surface area contributed by atoms with Crippen molar-refractivity contribution in [2.24, 2.45) is 0 Å². The Morgan fingerprint density at radius 2 is 1.08 bits per heavy atom. The van der Waals surface area contributed by atoms with Crippen LogP contribution in [0.2, 0.25) is 0 Å². The van der Waals surface area contributed by atoms with E-state index in [1.165, 1.54) is 77.0 Å². The van der Waals surface area contributed by atoms with E-state index in [2.05, 4.69) is 78.8 Å². The molecule has 1 rings (SSSR count). The predicted molar refractivity (Wildman–Crippen MR) is 257 cm³/mol. The van der Waals surface area contributed by atoms with Gasteiger partial charge in [0.2, 0.25) is 0 Å². The Bertz CT molecular complexity index is 1350. The number of aliphatic hydroxyl groups excluding tert-OH is 3. The van der Waals surface area contributed by atoms with E-state index < -0.39 is 59.8 Å². The monoisotopic (exact) mass is 927 g/mol. The van der Waals surface area contributed by atoms with E-state index in [1.54, 1.807) is 0 Å². The van der Waals surface area contributed by atoms with Crippen LogP contribution in [0.5, 0.6) is 0 Å². The van der Waals surface area contributed by atoms with Crippen LogP contribution >= 0.6 is 0 Å². The molecule has 13 heteroatoms. The van der Waals surface area contributed by atoms with Crippen LogP contribution in [0.25, 0.3) is 0 Å². The first-order chi connectivity index (χ1) is 31.1. The Labute approximate surface area is 388 Å². The summed E-state index contributed by atoms with van der Waals surface area (Å²) in [5.41, 5.74) is 0. The lowest BCUT2D eigenvalue weighted by Crippen LogP contribution is -2.60. The molecule has 1 fully saturated rings. The van der Waals surface area contributed by atoms with Crippen molar-refractivity contribution in [3.63, 3.8) is 0 Å². The van der Waals surface area contributed by atoms with Crippen LogP contribution in [0.1, 0.15) is 194 Å². The second-order valence-corrected chi connectivity index (χ2v) is 18.1. The highest BCUT2D eigenvalue weighted by Crippen LogP contribution is 2.26. The topological polar surface area (TPSA) is 178 Å². The average molecular weight is 927 g/mol. The van der Waals surface area contributed by atoms with Crippen LogP contribution in [0.15, 0.2) is 60.8 Å². The lowest BCUT2D eigenvalue weighted by atomic mass is 9.99. The molecule has 0 radical (unpaired) electrons. The fourth-order valence-electron chi connectivity index (χ4n) is 7.36. The first-order valence-electron chi connectivity index (χ1n) is 25.0. The van der Waals surface area contributed by atoms with Gasteiger partial charge in [-0.2, -0.15) is 8.42 Å². The number of allylic oxidation sites excluding steroid dienone is 10. The molecule has 0 aliphatic carbocycles. The first kappa shape index (κ1) is 59.8. The highest BCUT2D eigenvalue weighted by molar-refractivity contribution is 7.80. The molecular weight excluding hydrogens is 837 g/mol. The van der Waals surface area contributed by atoms with Crippen molar-refractivity contribution in [1.82, 2.24) is 0 Å². The molecular formula is C51H90O12S. The van der Waals surface area contributed by atoms with Gasteiger partial charge in [0.25, 0.3) is 0 Å². The summed E-state index contributed by atoms with van der Waals surface area (Å²) in [6, 6.07) is 0. The van der Waals surface area contributed by atoms with Gasteiger partial charge < -0.3 is 34.3 Å². The molecule has 0 aromatic heterocycles. The van der Waals surface area contributed by atoms with E-state index in [0.29, 0.717) is 13.0 Å². The number of ether oxygens (including phenoxy) is 4. The molecule has 6 atom stereocenters. The van der Waals surface area contributed by atoms with Gasteiger partial charge in [0, 0.05) is 13.0 Å². The lowest BCUT2D eigenvalue weighted by molar-refractivity contribution is -0.301. The molecule has 0 saturated carbocycles. The van der Waals surface area contributed by atoms with E-state index in [4.69, 9.17) is 18.9 Å². The Balaban J connectivity index is 2.33. The maximum Gasteiger partial charge on any atom is 0.397 e. The van der Waals surface area contributed by atoms with Crippen LogP contribution in [0, 0.1) is 0 Å². The summed E-state index contributed by atoms with van der Waals surface area (Å²) in [6.07, 6.45) is 44.0. The zero-order valence-electron chi connectivity index (χ0n) is 39.8. The van der Waals surface area contributed by atoms with Gasteiger partial charge in [0.05, 0.1) is 19.8 Å². The number of carbonyl (C=O) groups excluding carboxylic acids is 1. The highest BCUT2D eigenvalue weighted by Gasteiger charge is 2.48. The van der Waals surface area contributed by atoms with Crippen molar-refractivity contribution in [3.8, 4) is 0 Å². The lowest BCUT2D eigenvalue weighted by Gasteiger charge is -2.41. The number of hydrogen-bond acceptors (Lipinski definition) is 11. The average Bonchev–Trinajstić information content (AvgIpc) is 3.27. The standard InChI is InChI=1S/C51H90O12S/c1-3-5-7-9-11-13-15-17-18-19-20-21-22-23-24-25-26-27-29-31-33-35-37-39-41-59-43-45(44-60-51-49(55)50(63-64(56,57)58)48(54)46(42-52)62-51)61-47(53)40-38-36-34-32-30-28-16-14-12-10-8-6-4-2/h5,7,11,13-14,16-18,20-21,45-46,48-52,54-55H,3-4,6,8-10,12,15,19,22-44H2,1-2H3,(H,56,57,58)/b7-5-,13-11-,16-14-,18-17-,21-20-. The minimum absolute atomic E-state index is 0.0289. The largest absolute Gasteiger partial charge is 0.457 e. The summed E-state index contributed by atoms with van der Waals surface area (Å²) < 4.78 is 59.2. The third kappa shape index (κ3) is 35.1. The quantitative estimate of drug-likeness (QED) is 0.0197. The maximum absolute atomic E-state index is 12.9. The molecule has 0 amide bonds. The highest BCUT2D eigenvalue weighted by atomic mass is 32.3. The third-order valence-electron chi connectivity index (χ3n) is 11.1. The molecule has 0 bridgehead atoms. The van der Waals surface area contributed by atoms with Crippen LogP contribution in [-0.4, -0.2) is 97.5 Å². The second kappa shape index (κ2) is 42.2. The van der Waals surface area contributed by atoms with E-state index >= 15 is 0 Å².